The number of aromatic nitrogens is 2. The van der Waals surface area contributed by atoms with Crippen LogP contribution in [0.15, 0.2) is 78.9 Å². The van der Waals surface area contributed by atoms with E-state index < -0.39 is 7.82 Å². The molecule has 0 spiro atoms. The molecular formula is C35H31ClN5O7PS2. The first-order valence-electron chi connectivity index (χ1n) is 15.7. The van der Waals surface area contributed by atoms with Crippen molar-refractivity contribution in [1.82, 2.24) is 9.97 Å². The number of anilines is 3. The molecule has 0 bridgehead atoms. The number of nitrogens with one attached hydrogen (secondary N) is 4. The van der Waals surface area contributed by atoms with Crippen molar-refractivity contribution in [3.05, 3.63) is 95.8 Å². The Kier molecular flexibility index (Phi) is 9.81. The van der Waals surface area contributed by atoms with Gasteiger partial charge in [0.25, 0.3) is 11.8 Å². The molecule has 3 heterocycles. The maximum absolute atomic E-state index is 14.0. The Morgan fingerprint density at radius 2 is 1.57 bits per heavy atom. The van der Waals surface area contributed by atoms with Crippen molar-refractivity contribution in [2.24, 2.45) is 0 Å². The van der Waals surface area contributed by atoms with Gasteiger partial charge in [0, 0.05) is 75.1 Å². The zero-order valence-corrected chi connectivity index (χ0v) is 30.2. The van der Waals surface area contributed by atoms with Crippen LogP contribution in [0, 0.1) is 0 Å². The minimum atomic E-state index is -4.90. The number of aromatic amines is 2. The third-order valence-electron chi connectivity index (χ3n) is 8.57. The van der Waals surface area contributed by atoms with Crippen LogP contribution in [0.5, 0.6) is 5.75 Å². The maximum atomic E-state index is 14.0. The molecule has 0 aliphatic carbocycles. The SMILES string of the molecule is CSSCCC(=O)Nc1ccc2[nH]c(C(=O)Nc3ccc4[nH]c(C(=O)N5C[C@@H](CCl)c6c5cc(OP(=O)(O)O)c5ccccc65)cc4c3)cc2c1. The number of benzene rings is 4. The van der Waals surface area contributed by atoms with Gasteiger partial charge in [-0.1, -0.05) is 45.9 Å². The van der Waals surface area contributed by atoms with E-state index in [4.69, 9.17) is 16.1 Å². The van der Waals surface area contributed by atoms with Crippen LogP contribution in [0.2, 0.25) is 0 Å². The van der Waals surface area contributed by atoms with Crippen molar-refractivity contribution in [3.8, 4) is 5.75 Å². The number of alkyl halides is 1. The summed E-state index contributed by atoms with van der Waals surface area (Å²) in [5, 5.41) is 8.45. The van der Waals surface area contributed by atoms with E-state index >= 15 is 0 Å². The lowest BCUT2D eigenvalue weighted by molar-refractivity contribution is -0.115. The van der Waals surface area contributed by atoms with Gasteiger partial charge in [0.2, 0.25) is 5.91 Å². The van der Waals surface area contributed by atoms with E-state index in [1.54, 1.807) is 76.2 Å². The largest absolute Gasteiger partial charge is 0.524 e. The Balaban J connectivity index is 1.11. The third-order valence-corrected chi connectivity index (χ3v) is 11.2. The Bertz CT molecular complexity index is 2390. The highest BCUT2D eigenvalue weighted by Gasteiger charge is 2.36. The van der Waals surface area contributed by atoms with Crippen molar-refractivity contribution in [1.29, 1.82) is 0 Å². The van der Waals surface area contributed by atoms with E-state index in [2.05, 4.69) is 20.6 Å². The summed E-state index contributed by atoms with van der Waals surface area (Å²) in [7, 11) is -1.65. The van der Waals surface area contributed by atoms with E-state index in [-0.39, 0.29) is 47.5 Å². The molecule has 3 amide bonds. The maximum Gasteiger partial charge on any atom is 0.524 e. The zero-order valence-electron chi connectivity index (χ0n) is 26.9. The summed E-state index contributed by atoms with van der Waals surface area (Å²) >= 11 is 6.38. The molecule has 1 aliphatic rings. The Morgan fingerprint density at radius 1 is 0.922 bits per heavy atom. The number of amides is 3. The highest BCUT2D eigenvalue weighted by atomic mass is 35.5. The van der Waals surface area contributed by atoms with Gasteiger partial charge in [-0.3, -0.25) is 24.2 Å². The van der Waals surface area contributed by atoms with Gasteiger partial charge in [-0.05, 0) is 65.7 Å². The third kappa shape index (κ3) is 7.34. The summed E-state index contributed by atoms with van der Waals surface area (Å²) < 4.78 is 16.9. The number of fused-ring (bicyclic) bond motifs is 5. The number of carbonyl (C=O) groups excluding carboxylic acids is 3. The summed E-state index contributed by atoms with van der Waals surface area (Å²) in [4.78, 5) is 66.5. The second-order valence-electron chi connectivity index (χ2n) is 11.9. The van der Waals surface area contributed by atoms with E-state index in [0.717, 1.165) is 22.2 Å². The second kappa shape index (κ2) is 14.3. The molecule has 0 radical (unpaired) electrons. The Labute approximate surface area is 304 Å². The first-order valence-corrected chi connectivity index (χ1v) is 20.5. The molecule has 0 saturated carbocycles. The number of nitrogens with zero attached hydrogens (tertiary/aromatic N) is 1. The molecule has 7 rings (SSSR count). The van der Waals surface area contributed by atoms with Crippen LogP contribution in [-0.2, 0) is 9.36 Å². The van der Waals surface area contributed by atoms with Gasteiger partial charge in [-0.15, -0.1) is 11.6 Å². The highest BCUT2D eigenvalue weighted by molar-refractivity contribution is 8.76. The number of phosphoric ester groups is 1. The van der Waals surface area contributed by atoms with Crippen molar-refractivity contribution < 1.29 is 33.3 Å². The quantitative estimate of drug-likeness (QED) is 0.0332. The number of H-pyrrole nitrogens is 2. The first kappa shape index (κ1) is 35.0. The summed E-state index contributed by atoms with van der Waals surface area (Å²) in [5.41, 5.74) is 4.45. The minimum absolute atomic E-state index is 0.0405. The lowest BCUT2D eigenvalue weighted by Gasteiger charge is -2.19. The molecular weight excluding hydrogens is 733 g/mol. The van der Waals surface area contributed by atoms with Crippen molar-refractivity contribution in [2.75, 3.05) is 40.0 Å². The monoisotopic (exact) mass is 763 g/mol. The van der Waals surface area contributed by atoms with Gasteiger partial charge < -0.3 is 30.0 Å². The normalized spacial score (nSPS) is 14.3. The van der Waals surface area contributed by atoms with E-state index in [9.17, 15) is 28.7 Å². The van der Waals surface area contributed by atoms with Crippen LogP contribution in [0.1, 0.15) is 38.9 Å². The molecule has 12 nitrogen and oxygen atoms in total. The van der Waals surface area contributed by atoms with E-state index in [1.165, 1.54) is 11.0 Å². The number of phosphoric acid groups is 1. The van der Waals surface area contributed by atoms with Gasteiger partial charge in [-0.2, -0.15) is 0 Å². The number of carbonyl (C=O) groups is 3. The van der Waals surface area contributed by atoms with Crippen LogP contribution < -0.4 is 20.1 Å². The van der Waals surface area contributed by atoms with Crippen molar-refractivity contribution in [3.63, 3.8) is 0 Å². The lowest BCUT2D eigenvalue weighted by atomic mass is 9.95. The highest BCUT2D eigenvalue weighted by Crippen LogP contribution is 2.49. The molecule has 1 aliphatic heterocycles. The summed E-state index contributed by atoms with van der Waals surface area (Å²) in [6, 6.07) is 22.6. The number of hydrogen-bond donors (Lipinski definition) is 6. The Morgan fingerprint density at radius 3 is 2.24 bits per heavy atom. The van der Waals surface area contributed by atoms with Crippen LogP contribution >= 0.6 is 41.0 Å². The summed E-state index contributed by atoms with van der Waals surface area (Å²) in [5.74, 6) is -0.128. The van der Waals surface area contributed by atoms with E-state index in [0.29, 0.717) is 50.9 Å². The molecule has 6 N–H and O–H groups in total. The molecule has 6 aromatic rings. The van der Waals surface area contributed by atoms with Crippen molar-refractivity contribution >= 4 is 108 Å². The van der Waals surface area contributed by atoms with Crippen molar-refractivity contribution in [2.45, 2.75) is 12.3 Å². The average Bonchev–Trinajstić information content (AvgIpc) is 3.82. The fourth-order valence-electron chi connectivity index (χ4n) is 6.38. The molecule has 51 heavy (non-hydrogen) atoms. The molecule has 2 aromatic heterocycles. The molecule has 0 unspecified atom stereocenters. The molecule has 1 atom stereocenters. The van der Waals surface area contributed by atoms with Crippen LogP contribution in [-0.4, -0.2) is 61.9 Å². The number of halogens is 1. The fraction of sp³-hybridized carbons (Fsp3) is 0.171. The van der Waals surface area contributed by atoms with Crippen LogP contribution in [0.4, 0.5) is 17.1 Å². The van der Waals surface area contributed by atoms with Gasteiger partial charge in [0.15, 0.2) is 0 Å². The van der Waals surface area contributed by atoms with E-state index in [1.807, 2.05) is 24.5 Å². The zero-order chi connectivity index (χ0) is 35.9. The topological polar surface area (TPSA) is 177 Å². The van der Waals surface area contributed by atoms with Gasteiger partial charge in [0.1, 0.15) is 17.1 Å². The van der Waals surface area contributed by atoms with Gasteiger partial charge >= 0.3 is 7.82 Å². The molecule has 4 aromatic carbocycles. The standard InChI is InChI=1S/C35H31ClN5O7PS2/c1-50-51-11-10-32(42)37-22-6-8-26-19(12-22)14-28(39-26)34(43)38-23-7-9-27-20(13-23)15-29(40-27)35(44)41-18-21(17-36)33-25-5-3-2-4-24(25)31(16-30(33)41)48-49(45,46)47/h2-9,12-16,21,39-40H,10-11,17-18H2,1H3,(H,37,42)(H,38,43)(H2,45,46,47)/t21-/m1/s1. The molecule has 16 heteroatoms. The lowest BCUT2D eigenvalue weighted by Crippen LogP contribution is -2.30. The average molecular weight is 764 g/mol. The van der Waals surface area contributed by atoms with Crippen LogP contribution in [0.3, 0.4) is 0 Å². The minimum Gasteiger partial charge on any atom is -0.404 e. The summed E-state index contributed by atoms with van der Waals surface area (Å²) in [6.45, 7) is 0.257. The number of rotatable bonds is 11. The predicted molar refractivity (Wildman–Crippen MR) is 206 cm³/mol. The van der Waals surface area contributed by atoms with Gasteiger partial charge in [0.05, 0.1) is 5.69 Å². The molecule has 0 fully saturated rings. The smallest absolute Gasteiger partial charge is 0.404 e. The predicted octanol–water partition coefficient (Wildman–Crippen LogP) is 7.85. The second-order valence-corrected chi connectivity index (χ2v) is 16.1. The van der Waals surface area contributed by atoms with Crippen LogP contribution in [0.25, 0.3) is 32.6 Å². The fourth-order valence-corrected chi connectivity index (χ4v) is 8.22. The first-order chi connectivity index (χ1) is 24.5. The molecule has 262 valence electrons. The van der Waals surface area contributed by atoms with Gasteiger partial charge in [-0.25, -0.2) is 4.57 Å². The number of hydrogen-bond acceptors (Lipinski definition) is 7. The summed E-state index contributed by atoms with van der Waals surface area (Å²) in [6.07, 6.45) is 2.37. The molecule has 0 saturated heterocycles. The Hall–Kier alpha value is -4.43.